The molecule has 2 aromatic rings. The number of anilines is 1. The van der Waals surface area contributed by atoms with E-state index in [1.165, 1.54) is 0 Å². The molecule has 0 aromatic heterocycles. The largest absolute Gasteiger partial charge is 0.492 e. The van der Waals surface area contributed by atoms with Crippen molar-refractivity contribution in [3.05, 3.63) is 57.6 Å². The van der Waals surface area contributed by atoms with E-state index in [0.29, 0.717) is 13.2 Å². The van der Waals surface area contributed by atoms with Gasteiger partial charge in [-0.15, -0.1) is 0 Å². The molecule has 1 heterocycles. The molecular weight excluding hydrogens is 434 g/mol. The van der Waals surface area contributed by atoms with Crippen LogP contribution in [0.3, 0.4) is 0 Å². The van der Waals surface area contributed by atoms with E-state index in [0.717, 1.165) is 65.4 Å². The summed E-state index contributed by atoms with van der Waals surface area (Å²) in [6, 6.07) is 11.6. The van der Waals surface area contributed by atoms with Crippen molar-refractivity contribution in [2.45, 2.75) is 20.4 Å². The summed E-state index contributed by atoms with van der Waals surface area (Å²) in [7, 11) is 0. The number of nitrogens with one attached hydrogen (secondary N) is 2. The van der Waals surface area contributed by atoms with Gasteiger partial charge in [-0.25, -0.2) is 4.79 Å². The maximum absolute atomic E-state index is 12.3. The molecule has 0 bridgehead atoms. The first-order chi connectivity index (χ1) is 14.0. The zero-order chi connectivity index (χ0) is 20.6. The lowest BCUT2D eigenvalue weighted by atomic mass is 10.1. The molecule has 2 amide bonds. The molecule has 29 heavy (non-hydrogen) atoms. The molecule has 0 unspecified atom stereocenters. The van der Waals surface area contributed by atoms with Gasteiger partial charge in [0.05, 0.1) is 13.2 Å². The van der Waals surface area contributed by atoms with Crippen molar-refractivity contribution in [3.63, 3.8) is 0 Å². The molecule has 156 valence electrons. The van der Waals surface area contributed by atoms with Gasteiger partial charge in [0.1, 0.15) is 12.4 Å². The van der Waals surface area contributed by atoms with E-state index in [2.05, 4.69) is 31.5 Å². The monoisotopic (exact) mass is 461 g/mol. The number of morpholine rings is 1. The van der Waals surface area contributed by atoms with E-state index < -0.39 is 0 Å². The van der Waals surface area contributed by atoms with E-state index in [1.807, 2.05) is 50.2 Å². The van der Waals surface area contributed by atoms with Crippen LogP contribution in [0.2, 0.25) is 0 Å². The Bertz CT molecular complexity index is 815. The van der Waals surface area contributed by atoms with Crippen molar-refractivity contribution in [2.24, 2.45) is 0 Å². The SMILES string of the molecule is Cc1cc(Br)cc(C)c1NC(=O)NCc1cccc(OCCN2CCOCC2)c1. The van der Waals surface area contributed by atoms with Gasteiger partial charge in [0.25, 0.3) is 0 Å². The topological polar surface area (TPSA) is 62.8 Å². The molecule has 0 aliphatic carbocycles. The van der Waals surface area contributed by atoms with Gasteiger partial charge < -0.3 is 20.1 Å². The first-order valence-corrected chi connectivity index (χ1v) is 10.6. The molecule has 2 N–H and O–H groups in total. The highest BCUT2D eigenvalue weighted by Crippen LogP contribution is 2.25. The number of amides is 2. The zero-order valence-corrected chi connectivity index (χ0v) is 18.5. The van der Waals surface area contributed by atoms with Gasteiger partial charge in [0, 0.05) is 36.3 Å². The van der Waals surface area contributed by atoms with Crippen molar-refractivity contribution in [1.82, 2.24) is 10.2 Å². The molecule has 1 aliphatic heterocycles. The molecule has 3 rings (SSSR count). The Balaban J connectivity index is 1.46. The van der Waals surface area contributed by atoms with Crippen LogP contribution < -0.4 is 15.4 Å². The van der Waals surface area contributed by atoms with Crippen molar-refractivity contribution in [3.8, 4) is 5.75 Å². The molecule has 2 aromatic carbocycles. The van der Waals surface area contributed by atoms with Crippen LogP contribution in [0.5, 0.6) is 5.75 Å². The van der Waals surface area contributed by atoms with Gasteiger partial charge in [-0.2, -0.15) is 0 Å². The van der Waals surface area contributed by atoms with Crippen molar-refractivity contribution in [1.29, 1.82) is 0 Å². The Morgan fingerprint density at radius 1 is 1.17 bits per heavy atom. The molecule has 1 aliphatic rings. The molecule has 1 fully saturated rings. The highest BCUT2D eigenvalue weighted by Gasteiger charge is 2.10. The number of carbonyl (C=O) groups is 1. The molecule has 0 radical (unpaired) electrons. The number of urea groups is 1. The Labute approximate surface area is 180 Å². The third-order valence-electron chi connectivity index (χ3n) is 4.87. The molecule has 0 atom stereocenters. The number of aryl methyl sites for hydroxylation is 2. The number of benzene rings is 2. The molecule has 6 nitrogen and oxygen atoms in total. The number of hydrogen-bond acceptors (Lipinski definition) is 4. The van der Waals surface area contributed by atoms with Crippen LogP contribution in [-0.2, 0) is 11.3 Å². The van der Waals surface area contributed by atoms with Gasteiger partial charge in [-0.1, -0.05) is 28.1 Å². The van der Waals surface area contributed by atoms with Gasteiger partial charge in [0.15, 0.2) is 0 Å². The number of ether oxygens (including phenoxy) is 2. The third-order valence-corrected chi connectivity index (χ3v) is 5.33. The molecule has 1 saturated heterocycles. The van der Waals surface area contributed by atoms with Crippen LogP contribution in [0, 0.1) is 13.8 Å². The second-order valence-electron chi connectivity index (χ2n) is 7.17. The Morgan fingerprint density at radius 3 is 2.62 bits per heavy atom. The number of hydrogen-bond donors (Lipinski definition) is 2. The van der Waals surface area contributed by atoms with Crippen molar-refractivity contribution in [2.75, 3.05) is 44.8 Å². The number of nitrogens with zero attached hydrogens (tertiary/aromatic N) is 1. The second-order valence-corrected chi connectivity index (χ2v) is 8.09. The van der Waals surface area contributed by atoms with Crippen LogP contribution >= 0.6 is 15.9 Å². The Kier molecular flexibility index (Phi) is 7.91. The minimum absolute atomic E-state index is 0.225. The fourth-order valence-electron chi connectivity index (χ4n) is 3.31. The van der Waals surface area contributed by atoms with Crippen LogP contribution in [-0.4, -0.2) is 50.4 Å². The maximum Gasteiger partial charge on any atom is 0.319 e. The number of rotatable bonds is 7. The van der Waals surface area contributed by atoms with Crippen LogP contribution in [0.25, 0.3) is 0 Å². The lowest BCUT2D eigenvalue weighted by molar-refractivity contribution is 0.0322. The zero-order valence-electron chi connectivity index (χ0n) is 17.0. The Hall–Kier alpha value is -2.09. The summed E-state index contributed by atoms with van der Waals surface area (Å²) in [6.07, 6.45) is 0. The lowest BCUT2D eigenvalue weighted by Crippen LogP contribution is -2.38. The van der Waals surface area contributed by atoms with E-state index >= 15 is 0 Å². The summed E-state index contributed by atoms with van der Waals surface area (Å²) < 4.78 is 12.2. The number of carbonyl (C=O) groups excluding carboxylic acids is 1. The van der Waals surface area contributed by atoms with Crippen LogP contribution in [0.4, 0.5) is 10.5 Å². The quantitative estimate of drug-likeness (QED) is 0.651. The first kappa shape index (κ1) is 21.6. The highest BCUT2D eigenvalue weighted by atomic mass is 79.9. The summed E-state index contributed by atoms with van der Waals surface area (Å²) in [5.74, 6) is 0.817. The average Bonchev–Trinajstić information content (AvgIpc) is 2.70. The summed E-state index contributed by atoms with van der Waals surface area (Å²) in [5.41, 5.74) is 3.87. The fraction of sp³-hybridized carbons (Fsp3) is 0.409. The van der Waals surface area contributed by atoms with Crippen LogP contribution in [0.15, 0.2) is 40.9 Å². The molecule has 0 spiro atoms. The van der Waals surface area contributed by atoms with Gasteiger partial charge in [-0.05, 0) is 54.8 Å². The predicted octanol–water partition coefficient (Wildman–Crippen LogP) is 4.10. The predicted molar refractivity (Wildman–Crippen MR) is 119 cm³/mol. The van der Waals surface area contributed by atoms with E-state index in [9.17, 15) is 4.79 Å². The fourth-order valence-corrected chi connectivity index (χ4v) is 4.00. The standard InChI is InChI=1S/C22H28BrN3O3/c1-16-12-19(23)13-17(2)21(16)25-22(27)24-15-18-4-3-5-20(14-18)29-11-8-26-6-9-28-10-7-26/h3-5,12-14H,6-11,15H2,1-2H3,(H2,24,25,27). The van der Waals surface area contributed by atoms with Gasteiger partial charge in [0.2, 0.25) is 0 Å². The molecule has 0 saturated carbocycles. The smallest absolute Gasteiger partial charge is 0.319 e. The maximum atomic E-state index is 12.3. The van der Waals surface area contributed by atoms with E-state index in [1.54, 1.807) is 0 Å². The third kappa shape index (κ3) is 6.73. The molecular formula is C22H28BrN3O3. The minimum Gasteiger partial charge on any atom is -0.492 e. The second kappa shape index (κ2) is 10.6. The minimum atomic E-state index is -0.225. The summed E-state index contributed by atoms with van der Waals surface area (Å²) in [4.78, 5) is 14.7. The normalized spacial score (nSPS) is 14.4. The summed E-state index contributed by atoms with van der Waals surface area (Å²) >= 11 is 3.47. The molecule has 7 heteroatoms. The van der Waals surface area contributed by atoms with E-state index in [-0.39, 0.29) is 6.03 Å². The van der Waals surface area contributed by atoms with E-state index in [4.69, 9.17) is 9.47 Å². The summed E-state index contributed by atoms with van der Waals surface area (Å²) in [6.45, 7) is 9.42. The van der Waals surface area contributed by atoms with Gasteiger partial charge in [-0.3, -0.25) is 4.90 Å². The average molecular weight is 462 g/mol. The Morgan fingerprint density at radius 2 is 1.90 bits per heavy atom. The lowest BCUT2D eigenvalue weighted by Gasteiger charge is -2.26. The summed E-state index contributed by atoms with van der Waals surface area (Å²) in [5, 5.41) is 5.86. The number of halogens is 1. The van der Waals surface area contributed by atoms with Gasteiger partial charge >= 0.3 is 6.03 Å². The highest BCUT2D eigenvalue weighted by molar-refractivity contribution is 9.10. The van der Waals surface area contributed by atoms with Crippen molar-refractivity contribution < 1.29 is 14.3 Å². The first-order valence-electron chi connectivity index (χ1n) is 9.85. The van der Waals surface area contributed by atoms with Crippen molar-refractivity contribution >= 4 is 27.6 Å². The van der Waals surface area contributed by atoms with Crippen LogP contribution in [0.1, 0.15) is 16.7 Å².